The zero-order valence-electron chi connectivity index (χ0n) is 13.8. The minimum atomic E-state index is -3.95. The average molecular weight is 377 g/mol. The molecule has 136 valence electrons. The summed E-state index contributed by atoms with van der Waals surface area (Å²) in [6.45, 7) is 2.61. The van der Waals surface area contributed by atoms with E-state index in [1.165, 1.54) is 49.4 Å². The second-order valence-electron chi connectivity index (χ2n) is 5.40. The largest absolute Gasteiger partial charge is 0.322 e. The molecule has 0 aliphatic carbocycles. The summed E-state index contributed by atoms with van der Waals surface area (Å²) in [5, 5.41) is 13.4. The van der Waals surface area contributed by atoms with Gasteiger partial charge in [0.05, 0.1) is 9.82 Å². The summed E-state index contributed by atoms with van der Waals surface area (Å²) < 4.78 is 25.5. The average Bonchev–Trinajstić information content (AvgIpc) is 2.53. The molecule has 0 fully saturated rings. The fourth-order valence-corrected chi connectivity index (χ4v) is 3.16. The van der Waals surface area contributed by atoms with Gasteiger partial charge < -0.3 is 5.32 Å². The van der Waals surface area contributed by atoms with Crippen LogP contribution in [0.25, 0.3) is 0 Å². The first-order chi connectivity index (χ1) is 12.1. The van der Waals surface area contributed by atoms with E-state index in [9.17, 15) is 28.1 Å². The maximum atomic E-state index is 12.2. The summed E-state index contributed by atoms with van der Waals surface area (Å²) in [6, 6.07) is 9.17. The van der Waals surface area contributed by atoms with Crippen molar-refractivity contribution in [2.75, 3.05) is 5.32 Å². The second kappa shape index (κ2) is 7.31. The van der Waals surface area contributed by atoms with Crippen molar-refractivity contribution in [2.24, 2.45) is 0 Å². The third-order valence-corrected chi connectivity index (χ3v) is 4.81. The molecule has 2 N–H and O–H groups in total. The topological polar surface area (TPSA) is 135 Å². The number of nitro benzene ring substituents is 1. The predicted molar refractivity (Wildman–Crippen MR) is 93.2 cm³/mol. The lowest BCUT2D eigenvalue weighted by Crippen LogP contribution is -2.28. The molecule has 0 spiro atoms. The van der Waals surface area contributed by atoms with Gasteiger partial charge >= 0.3 is 0 Å². The van der Waals surface area contributed by atoms with Gasteiger partial charge in [-0.3, -0.25) is 19.7 Å². The molecule has 2 aromatic carbocycles. The number of carbonyl (C=O) groups excluding carboxylic acids is 2. The van der Waals surface area contributed by atoms with Gasteiger partial charge in [-0.15, -0.1) is 0 Å². The standard InChI is InChI=1S/C16H15N3O6S/c1-10-9-12(3-8-15(10)19(22)23)16(21)17-13-4-6-14(7-5-13)26(24,25)18-11(2)20/h3-9H,1-2H3,(H,17,21)(H,18,20). The summed E-state index contributed by atoms with van der Waals surface area (Å²) in [7, 11) is -3.95. The number of sulfonamides is 1. The van der Waals surface area contributed by atoms with Crippen LogP contribution in [0.15, 0.2) is 47.4 Å². The Morgan fingerprint density at radius 1 is 1.08 bits per heavy atom. The van der Waals surface area contributed by atoms with E-state index in [2.05, 4.69) is 5.32 Å². The number of nitrogens with zero attached hydrogens (tertiary/aromatic N) is 1. The summed E-state index contributed by atoms with van der Waals surface area (Å²) >= 11 is 0. The quantitative estimate of drug-likeness (QED) is 0.604. The first-order valence-corrected chi connectivity index (χ1v) is 8.78. The maximum Gasteiger partial charge on any atom is 0.272 e. The third kappa shape index (κ3) is 4.42. The molecule has 0 saturated carbocycles. The van der Waals surface area contributed by atoms with Gasteiger partial charge in [0, 0.05) is 29.8 Å². The van der Waals surface area contributed by atoms with Gasteiger partial charge in [0.25, 0.3) is 21.6 Å². The van der Waals surface area contributed by atoms with E-state index in [1.54, 1.807) is 0 Å². The number of anilines is 1. The number of carbonyl (C=O) groups is 2. The summed E-state index contributed by atoms with van der Waals surface area (Å²) in [5.74, 6) is -1.21. The van der Waals surface area contributed by atoms with E-state index in [-0.39, 0.29) is 16.1 Å². The highest BCUT2D eigenvalue weighted by Gasteiger charge is 2.16. The molecule has 26 heavy (non-hydrogen) atoms. The van der Waals surface area contributed by atoms with Crippen molar-refractivity contribution in [1.29, 1.82) is 0 Å². The predicted octanol–water partition coefficient (Wildman–Crippen LogP) is 1.98. The van der Waals surface area contributed by atoms with Crippen molar-refractivity contribution in [3.63, 3.8) is 0 Å². The van der Waals surface area contributed by atoms with Crippen LogP contribution >= 0.6 is 0 Å². The van der Waals surface area contributed by atoms with Gasteiger partial charge in [-0.25, -0.2) is 13.1 Å². The Bertz CT molecular complexity index is 984. The van der Waals surface area contributed by atoms with Crippen LogP contribution in [0.1, 0.15) is 22.8 Å². The Labute approximate surface area is 149 Å². The molecule has 0 aliphatic rings. The van der Waals surface area contributed by atoms with Crippen molar-refractivity contribution >= 4 is 33.2 Å². The van der Waals surface area contributed by atoms with Crippen LogP contribution in [-0.2, 0) is 14.8 Å². The van der Waals surface area contributed by atoms with Crippen molar-refractivity contribution in [3.05, 3.63) is 63.7 Å². The molecule has 0 aliphatic heterocycles. The molecule has 0 atom stereocenters. The fourth-order valence-electron chi connectivity index (χ4n) is 2.17. The zero-order valence-corrected chi connectivity index (χ0v) is 14.7. The van der Waals surface area contributed by atoms with Gasteiger partial charge in [-0.2, -0.15) is 0 Å². The van der Waals surface area contributed by atoms with E-state index in [0.717, 1.165) is 6.92 Å². The van der Waals surface area contributed by atoms with Gasteiger partial charge in [-0.1, -0.05) is 0 Å². The number of rotatable bonds is 5. The molecule has 0 unspecified atom stereocenters. The minimum absolute atomic E-state index is 0.0888. The smallest absolute Gasteiger partial charge is 0.272 e. The lowest BCUT2D eigenvalue weighted by molar-refractivity contribution is -0.385. The lowest BCUT2D eigenvalue weighted by Gasteiger charge is -2.08. The summed E-state index contributed by atoms with van der Waals surface area (Å²) in [5.41, 5.74) is 0.810. The fraction of sp³-hybridized carbons (Fsp3) is 0.125. The van der Waals surface area contributed by atoms with Crippen molar-refractivity contribution in [3.8, 4) is 0 Å². The number of benzene rings is 2. The first-order valence-electron chi connectivity index (χ1n) is 7.30. The molecule has 10 heteroatoms. The van der Waals surface area contributed by atoms with Crippen LogP contribution in [0, 0.1) is 17.0 Å². The monoisotopic (exact) mass is 377 g/mol. The SMILES string of the molecule is CC(=O)NS(=O)(=O)c1ccc(NC(=O)c2ccc([N+](=O)[O-])c(C)c2)cc1. The van der Waals surface area contributed by atoms with Crippen LogP contribution in [0.4, 0.5) is 11.4 Å². The van der Waals surface area contributed by atoms with Crippen LogP contribution < -0.4 is 10.0 Å². The Balaban J connectivity index is 2.16. The lowest BCUT2D eigenvalue weighted by atomic mass is 10.1. The Morgan fingerprint density at radius 2 is 1.69 bits per heavy atom. The first kappa shape index (κ1) is 19.1. The van der Waals surface area contributed by atoms with Gasteiger partial charge in [0.2, 0.25) is 5.91 Å². The number of hydrogen-bond acceptors (Lipinski definition) is 6. The van der Waals surface area contributed by atoms with Crippen LogP contribution in [0.3, 0.4) is 0 Å². The molecule has 2 rings (SSSR count). The van der Waals surface area contributed by atoms with Gasteiger partial charge in [0.15, 0.2) is 0 Å². The highest BCUT2D eigenvalue weighted by Crippen LogP contribution is 2.20. The van der Waals surface area contributed by atoms with Crippen molar-refractivity contribution in [2.45, 2.75) is 18.7 Å². The highest BCUT2D eigenvalue weighted by molar-refractivity contribution is 7.90. The highest BCUT2D eigenvalue weighted by atomic mass is 32.2. The van der Waals surface area contributed by atoms with E-state index < -0.39 is 26.8 Å². The van der Waals surface area contributed by atoms with E-state index in [0.29, 0.717) is 11.3 Å². The molecule has 0 aromatic heterocycles. The number of nitro groups is 1. The van der Waals surface area contributed by atoms with E-state index in [1.807, 2.05) is 4.72 Å². The zero-order chi connectivity index (χ0) is 19.5. The van der Waals surface area contributed by atoms with Crippen molar-refractivity contribution in [1.82, 2.24) is 4.72 Å². The van der Waals surface area contributed by atoms with Crippen molar-refractivity contribution < 1.29 is 22.9 Å². The Kier molecular flexibility index (Phi) is 5.36. The third-order valence-electron chi connectivity index (χ3n) is 3.36. The van der Waals surface area contributed by atoms with E-state index >= 15 is 0 Å². The molecule has 2 aromatic rings. The molecule has 2 amide bonds. The molecule has 0 bridgehead atoms. The van der Waals surface area contributed by atoms with Crippen LogP contribution in [0.5, 0.6) is 0 Å². The number of nitrogens with one attached hydrogen (secondary N) is 2. The number of amides is 2. The molecular formula is C16H15N3O6S. The Hall–Kier alpha value is -3.27. The molecule has 0 heterocycles. The summed E-state index contributed by atoms with van der Waals surface area (Å²) in [6.07, 6.45) is 0. The molecule has 0 radical (unpaired) electrons. The number of aryl methyl sites for hydroxylation is 1. The van der Waals surface area contributed by atoms with E-state index in [4.69, 9.17) is 0 Å². The molecular weight excluding hydrogens is 362 g/mol. The normalized spacial score (nSPS) is 10.8. The van der Waals surface area contributed by atoms with Crippen LogP contribution in [0.2, 0.25) is 0 Å². The molecule has 9 nitrogen and oxygen atoms in total. The van der Waals surface area contributed by atoms with Crippen LogP contribution in [-0.4, -0.2) is 25.2 Å². The summed E-state index contributed by atoms with van der Waals surface area (Å²) in [4.78, 5) is 33.3. The second-order valence-corrected chi connectivity index (χ2v) is 7.08. The molecule has 0 saturated heterocycles. The minimum Gasteiger partial charge on any atom is -0.322 e. The van der Waals surface area contributed by atoms with Gasteiger partial charge in [0.1, 0.15) is 0 Å². The Morgan fingerprint density at radius 3 is 2.19 bits per heavy atom. The van der Waals surface area contributed by atoms with Gasteiger partial charge in [-0.05, 0) is 43.3 Å². The maximum absolute atomic E-state index is 12.2. The number of hydrogen-bond donors (Lipinski definition) is 2.